The number of nitrogens with zero attached hydrogens (tertiary/aromatic N) is 1. The molecule has 0 saturated carbocycles. The smallest absolute Gasteiger partial charge is 0.206 e. The second-order valence-electron chi connectivity index (χ2n) is 4.18. The Hall–Kier alpha value is -2.03. The highest BCUT2D eigenvalue weighted by molar-refractivity contribution is 7.91. The van der Waals surface area contributed by atoms with Crippen LogP contribution in [0.25, 0.3) is 0 Å². The molecule has 0 radical (unpaired) electrons. The molecule has 0 aliphatic heterocycles. The second-order valence-corrected chi connectivity index (χ2v) is 6.53. The van der Waals surface area contributed by atoms with Crippen molar-refractivity contribution in [3.05, 3.63) is 53.1 Å². The normalized spacial score (nSPS) is 10.8. The van der Waals surface area contributed by atoms with E-state index in [1.54, 1.807) is 37.4 Å². The van der Waals surface area contributed by atoms with E-state index >= 15 is 0 Å². The summed E-state index contributed by atoms with van der Waals surface area (Å²) < 4.78 is 24.9. The lowest BCUT2D eigenvalue weighted by Gasteiger charge is -2.07. The van der Waals surface area contributed by atoms with E-state index in [4.69, 9.17) is 16.9 Å². The Morgan fingerprint density at radius 1 is 1.10 bits per heavy atom. The van der Waals surface area contributed by atoms with Gasteiger partial charge in [-0.05, 0) is 55.0 Å². The van der Waals surface area contributed by atoms with Gasteiger partial charge in [-0.2, -0.15) is 5.26 Å². The fourth-order valence-electron chi connectivity index (χ4n) is 1.70. The first-order valence-corrected chi connectivity index (χ1v) is 7.57. The van der Waals surface area contributed by atoms with Gasteiger partial charge in [-0.3, -0.25) is 5.32 Å². The molecule has 2 aromatic carbocycles. The summed E-state index contributed by atoms with van der Waals surface area (Å²) in [6.45, 7) is 1.75. The average molecular weight is 307 g/mol. The minimum absolute atomic E-state index is 0.169. The van der Waals surface area contributed by atoms with Crippen LogP contribution in [0.15, 0.2) is 52.3 Å². The third-order valence-corrected chi connectivity index (χ3v) is 5.00. The predicted octanol–water partition coefficient (Wildman–Crippen LogP) is 3.37. The first-order valence-electron chi connectivity index (χ1n) is 5.71. The number of hydrogen-bond acceptors (Lipinski definition) is 4. The number of rotatable bonds is 3. The van der Waals surface area contributed by atoms with E-state index in [1.165, 1.54) is 18.2 Å². The van der Waals surface area contributed by atoms with Crippen LogP contribution in [0.2, 0.25) is 5.02 Å². The van der Waals surface area contributed by atoms with Crippen molar-refractivity contribution in [1.82, 2.24) is 0 Å². The maximum atomic E-state index is 12.4. The lowest BCUT2D eigenvalue weighted by Crippen LogP contribution is -2.02. The molecule has 6 heteroatoms. The fraction of sp³-hybridized carbons (Fsp3) is 0.0714. The van der Waals surface area contributed by atoms with Crippen LogP contribution in [0.3, 0.4) is 0 Å². The highest BCUT2D eigenvalue weighted by Gasteiger charge is 2.18. The summed E-state index contributed by atoms with van der Waals surface area (Å²) in [7, 11) is -3.58. The van der Waals surface area contributed by atoms with Crippen LogP contribution in [0.1, 0.15) is 5.56 Å². The van der Waals surface area contributed by atoms with Gasteiger partial charge in [0, 0.05) is 10.7 Å². The van der Waals surface area contributed by atoms with Crippen LogP contribution < -0.4 is 5.32 Å². The molecule has 0 atom stereocenters. The first-order chi connectivity index (χ1) is 9.45. The molecule has 0 amide bonds. The van der Waals surface area contributed by atoms with Crippen LogP contribution in [0.4, 0.5) is 5.69 Å². The van der Waals surface area contributed by atoms with Gasteiger partial charge in [-0.15, -0.1) is 0 Å². The summed E-state index contributed by atoms with van der Waals surface area (Å²) in [6, 6.07) is 10.6. The Labute approximate surface area is 122 Å². The molecular formula is C14H11ClN2O2S. The molecule has 4 nitrogen and oxygen atoms in total. The lowest BCUT2D eigenvalue weighted by atomic mass is 10.2. The van der Waals surface area contributed by atoms with E-state index < -0.39 is 9.84 Å². The van der Waals surface area contributed by atoms with Crippen molar-refractivity contribution in [1.29, 1.82) is 5.26 Å². The molecule has 1 N–H and O–H groups in total. The topological polar surface area (TPSA) is 70.0 Å². The molecule has 0 aliphatic rings. The van der Waals surface area contributed by atoms with E-state index in [0.29, 0.717) is 16.3 Å². The van der Waals surface area contributed by atoms with Crippen molar-refractivity contribution in [3.63, 3.8) is 0 Å². The molecule has 0 bridgehead atoms. The number of hydrogen-bond donors (Lipinski definition) is 1. The Morgan fingerprint density at radius 3 is 2.25 bits per heavy atom. The first kappa shape index (κ1) is 14.4. The van der Waals surface area contributed by atoms with Gasteiger partial charge in [0.25, 0.3) is 0 Å². The van der Waals surface area contributed by atoms with Gasteiger partial charge in [-0.25, -0.2) is 8.42 Å². The number of benzene rings is 2. The van der Waals surface area contributed by atoms with Gasteiger partial charge in [0.15, 0.2) is 6.19 Å². The predicted molar refractivity (Wildman–Crippen MR) is 77.3 cm³/mol. The van der Waals surface area contributed by atoms with Crippen molar-refractivity contribution >= 4 is 27.1 Å². The number of nitriles is 1. The molecule has 2 aromatic rings. The third-order valence-electron chi connectivity index (χ3n) is 2.80. The summed E-state index contributed by atoms with van der Waals surface area (Å²) in [4.78, 5) is 0.364. The molecule has 0 heterocycles. The Morgan fingerprint density at radius 2 is 1.70 bits per heavy atom. The quantitative estimate of drug-likeness (QED) is 0.697. The summed E-state index contributed by atoms with van der Waals surface area (Å²) in [6.07, 6.45) is 1.77. The fourth-order valence-corrected chi connectivity index (χ4v) is 3.17. The van der Waals surface area contributed by atoms with Crippen molar-refractivity contribution in [2.24, 2.45) is 0 Å². The summed E-state index contributed by atoms with van der Waals surface area (Å²) >= 11 is 5.90. The molecule has 0 aliphatic carbocycles. The Bertz CT molecular complexity index is 778. The van der Waals surface area contributed by atoms with E-state index in [9.17, 15) is 8.42 Å². The maximum absolute atomic E-state index is 12.4. The Kier molecular flexibility index (Phi) is 3.98. The van der Waals surface area contributed by atoms with E-state index in [-0.39, 0.29) is 9.79 Å². The van der Waals surface area contributed by atoms with Gasteiger partial charge in [0.05, 0.1) is 9.79 Å². The summed E-state index contributed by atoms with van der Waals surface area (Å²) in [5, 5.41) is 11.5. The van der Waals surface area contributed by atoms with Gasteiger partial charge in [0.2, 0.25) is 9.84 Å². The minimum atomic E-state index is -3.58. The van der Waals surface area contributed by atoms with Crippen molar-refractivity contribution in [2.75, 3.05) is 5.32 Å². The van der Waals surface area contributed by atoms with Crippen molar-refractivity contribution in [3.8, 4) is 6.19 Å². The van der Waals surface area contributed by atoms with Crippen molar-refractivity contribution < 1.29 is 8.42 Å². The molecule has 0 fully saturated rings. The zero-order chi connectivity index (χ0) is 14.8. The van der Waals surface area contributed by atoms with Crippen LogP contribution in [0, 0.1) is 18.4 Å². The second kappa shape index (κ2) is 5.53. The van der Waals surface area contributed by atoms with Crippen molar-refractivity contribution in [2.45, 2.75) is 16.7 Å². The number of anilines is 1. The van der Waals surface area contributed by atoms with Crippen LogP contribution >= 0.6 is 11.6 Å². The highest BCUT2D eigenvalue weighted by Crippen LogP contribution is 2.25. The molecule has 102 valence electrons. The zero-order valence-electron chi connectivity index (χ0n) is 10.6. The monoisotopic (exact) mass is 306 g/mol. The van der Waals surface area contributed by atoms with E-state index in [1.807, 2.05) is 0 Å². The molecule has 0 unspecified atom stereocenters. The number of sulfone groups is 1. The van der Waals surface area contributed by atoms with Gasteiger partial charge < -0.3 is 0 Å². The largest absolute Gasteiger partial charge is 0.293 e. The molecule has 0 saturated heterocycles. The lowest BCUT2D eigenvalue weighted by molar-refractivity contribution is 0.596. The molecule has 20 heavy (non-hydrogen) atoms. The minimum Gasteiger partial charge on any atom is -0.293 e. The summed E-state index contributed by atoms with van der Waals surface area (Å²) in [5.74, 6) is 0. The maximum Gasteiger partial charge on any atom is 0.206 e. The van der Waals surface area contributed by atoms with Crippen LogP contribution in [0.5, 0.6) is 0 Å². The van der Waals surface area contributed by atoms with Gasteiger partial charge in [0.1, 0.15) is 0 Å². The standard InChI is InChI=1S/C14H11ClN2O2S/c1-10-8-13(6-7-14(10)15)20(18,19)12-4-2-11(3-5-12)17-9-16/h2-8,17H,1H3. The summed E-state index contributed by atoms with van der Waals surface area (Å²) in [5.41, 5.74) is 1.24. The third kappa shape index (κ3) is 2.77. The molecule has 0 aromatic heterocycles. The number of aryl methyl sites for hydroxylation is 1. The molecular weight excluding hydrogens is 296 g/mol. The van der Waals surface area contributed by atoms with E-state index in [0.717, 1.165) is 0 Å². The van der Waals surface area contributed by atoms with Crippen LogP contribution in [-0.4, -0.2) is 8.42 Å². The van der Waals surface area contributed by atoms with Gasteiger partial charge in [-0.1, -0.05) is 11.6 Å². The number of nitrogens with one attached hydrogen (secondary N) is 1. The number of halogens is 1. The Balaban J connectivity index is 2.44. The van der Waals surface area contributed by atoms with Crippen LogP contribution in [-0.2, 0) is 9.84 Å². The zero-order valence-corrected chi connectivity index (χ0v) is 12.2. The highest BCUT2D eigenvalue weighted by atomic mass is 35.5. The molecule has 2 rings (SSSR count). The van der Waals surface area contributed by atoms with Gasteiger partial charge >= 0.3 is 0 Å². The average Bonchev–Trinajstić information content (AvgIpc) is 2.43. The van der Waals surface area contributed by atoms with E-state index in [2.05, 4.69) is 5.32 Å². The molecule has 0 spiro atoms. The SMILES string of the molecule is Cc1cc(S(=O)(=O)c2ccc(NC#N)cc2)ccc1Cl.